The standard InChI is InChI=1S/C14H9Br2N3O/c15-9-3-6-12(16)11(7-9)14-18-13(19-20-14)8-1-4-10(17)5-2-8/h1-7H,17H2. The van der Waals surface area contributed by atoms with E-state index in [4.69, 9.17) is 10.3 Å². The van der Waals surface area contributed by atoms with Crippen LogP contribution in [0.3, 0.4) is 0 Å². The molecule has 0 aliphatic rings. The zero-order valence-electron chi connectivity index (χ0n) is 10.2. The first-order valence-electron chi connectivity index (χ1n) is 5.78. The van der Waals surface area contributed by atoms with Crippen molar-refractivity contribution in [1.82, 2.24) is 10.1 Å². The summed E-state index contributed by atoms with van der Waals surface area (Å²) < 4.78 is 7.17. The number of rotatable bonds is 2. The van der Waals surface area contributed by atoms with E-state index in [1.807, 2.05) is 30.3 Å². The molecule has 0 atom stereocenters. The second-order valence-corrected chi connectivity index (χ2v) is 5.94. The molecule has 0 fully saturated rings. The van der Waals surface area contributed by atoms with E-state index in [2.05, 4.69) is 42.0 Å². The SMILES string of the molecule is Nc1ccc(-c2noc(-c3cc(Br)ccc3Br)n2)cc1. The van der Waals surface area contributed by atoms with Gasteiger partial charge in [0, 0.05) is 20.2 Å². The van der Waals surface area contributed by atoms with Crippen molar-refractivity contribution in [2.45, 2.75) is 0 Å². The Balaban J connectivity index is 2.01. The van der Waals surface area contributed by atoms with Crippen molar-refractivity contribution in [3.05, 3.63) is 51.4 Å². The molecule has 0 aliphatic heterocycles. The Morgan fingerprint density at radius 3 is 2.50 bits per heavy atom. The van der Waals surface area contributed by atoms with Gasteiger partial charge >= 0.3 is 0 Å². The number of benzene rings is 2. The normalized spacial score (nSPS) is 10.7. The lowest BCUT2D eigenvalue weighted by Crippen LogP contribution is -1.85. The maximum absolute atomic E-state index is 5.66. The number of hydrogen-bond acceptors (Lipinski definition) is 4. The van der Waals surface area contributed by atoms with Crippen LogP contribution in [0, 0.1) is 0 Å². The van der Waals surface area contributed by atoms with Gasteiger partial charge in [0.05, 0.1) is 5.56 Å². The van der Waals surface area contributed by atoms with Gasteiger partial charge in [0.25, 0.3) is 5.89 Å². The number of nitrogens with two attached hydrogens (primary N) is 1. The van der Waals surface area contributed by atoms with E-state index in [0.29, 0.717) is 17.4 Å². The topological polar surface area (TPSA) is 64.9 Å². The summed E-state index contributed by atoms with van der Waals surface area (Å²) in [4.78, 5) is 4.41. The molecule has 4 nitrogen and oxygen atoms in total. The number of nitrogen functional groups attached to an aromatic ring is 1. The van der Waals surface area contributed by atoms with Crippen molar-refractivity contribution in [3.8, 4) is 22.8 Å². The Morgan fingerprint density at radius 1 is 1.00 bits per heavy atom. The third kappa shape index (κ3) is 2.62. The van der Waals surface area contributed by atoms with Gasteiger partial charge in [-0.1, -0.05) is 21.1 Å². The van der Waals surface area contributed by atoms with E-state index in [0.717, 1.165) is 20.1 Å². The molecule has 0 bridgehead atoms. The summed E-state index contributed by atoms with van der Waals surface area (Å²) in [5, 5.41) is 4.00. The summed E-state index contributed by atoms with van der Waals surface area (Å²) in [6, 6.07) is 13.1. The maximum atomic E-state index is 5.66. The van der Waals surface area contributed by atoms with E-state index in [-0.39, 0.29) is 0 Å². The maximum Gasteiger partial charge on any atom is 0.259 e. The van der Waals surface area contributed by atoms with E-state index < -0.39 is 0 Å². The molecule has 0 radical (unpaired) electrons. The first kappa shape index (κ1) is 13.3. The molecule has 1 aromatic heterocycles. The third-order valence-corrected chi connectivity index (χ3v) is 3.94. The summed E-state index contributed by atoms with van der Waals surface area (Å²) in [5.41, 5.74) is 8.07. The zero-order valence-corrected chi connectivity index (χ0v) is 13.3. The summed E-state index contributed by atoms with van der Waals surface area (Å²) >= 11 is 6.91. The first-order valence-corrected chi connectivity index (χ1v) is 7.37. The van der Waals surface area contributed by atoms with Crippen molar-refractivity contribution in [1.29, 1.82) is 0 Å². The molecule has 0 unspecified atom stereocenters. The molecule has 3 rings (SSSR count). The number of nitrogens with zero attached hydrogens (tertiary/aromatic N) is 2. The van der Waals surface area contributed by atoms with Crippen LogP contribution in [-0.4, -0.2) is 10.1 Å². The number of halogens is 2. The fourth-order valence-corrected chi connectivity index (χ4v) is 2.52. The average Bonchev–Trinajstić information content (AvgIpc) is 2.92. The lowest BCUT2D eigenvalue weighted by atomic mass is 10.2. The summed E-state index contributed by atoms with van der Waals surface area (Å²) in [6.45, 7) is 0. The molecule has 0 aliphatic carbocycles. The minimum atomic E-state index is 0.463. The fourth-order valence-electron chi connectivity index (χ4n) is 1.74. The zero-order chi connectivity index (χ0) is 14.1. The van der Waals surface area contributed by atoms with Crippen LogP contribution in [0.5, 0.6) is 0 Å². The van der Waals surface area contributed by atoms with Crippen molar-refractivity contribution >= 4 is 37.5 Å². The van der Waals surface area contributed by atoms with Gasteiger partial charge in [-0.15, -0.1) is 0 Å². The van der Waals surface area contributed by atoms with Gasteiger partial charge in [0.15, 0.2) is 0 Å². The van der Waals surface area contributed by atoms with Gasteiger partial charge in [0.2, 0.25) is 5.82 Å². The molecule has 0 spiro atoms. The van der Waals surface area contributed by atoms with Gasteiger partial charge in [-0.25, -0.2) is 0 Å². The molecule has 100 valence electrons. The number of anilines is 1. The second-order valence-electron chi connectivity index (χ2n) is 4.17. The van der Waals surface area contributed by atoms with Gasteiger partial charge in [-0.2, -0.15) is 4.98 Å². The predicted octanol–water partition coefficient (Wildman–Crippen LogP) is 4.51. The van der Waals surface area contributed by atoms with Crippen molar-refractivity contribution in [2.24, 2.45) is 0 Å². The highest BCUT2D eigenvalue weighted by molar-refractivity contribution is 9.11. The second kappa shape index (κ2) is 5.38. The van der Waals surface area contributed by atoms with Crippen LogP contribution in [0.25, 0.3) is 22.8 Å². The number of aromatic nitrogens is 2. The molecule has 0 saturated heterocycles. The molecule has 2 aromatic carbocycles. The van der Waals surface area contributed by atoms with Crippen LogP contribution in [-0.2, 0) is 0 Å². The summed E-state index contributed by atoms with van der Waals surface area (Å²) in [7, 11) is 0. The molecule has 2 N–H and O–H groups in total. The highest BCUT2D eigenvalue weighted by Gasteiger charge is 2.13. The van der Waals surface area contributed by atoms with Gasteiger partial charge in [-0.3, -0.25) is 0 Å². The lowest BCUT2D eigenvalue weighted by molar-refractivity contribution is 0.432. The Labute approximate surface area is 132 Å². The van der Waals surface area contributed by atoms with Gasteiger partial charge in [-0.05, 0) is 58.4 Å². The minimum Gasteiger partial charge on any atom is -0.399 e. The Bertz CT molecular complexity index is 753. The van der Waals surface area contributed by atoms with E-state index in [1.54, 1.807) is 12.1 Å². The van der Waals surface area contributed by atoms with Crippen LogP contribution >= 0.6 is 31.9 Å². The van der Waals surface area contributed by atoms with Crippen molar-refractivity contribution < 1.29 is 4.52 Å². The van der Waals surface area contributed by atoms with E-state index in [9.17, 15) is 0 Å². The largest absolute Gasteiger partial charge is 0.399 e. The Hall–Kier alpha value is -1.66. The minimum absolute atomic E-state index is 0.463. The molecular weight excluding hydrogens is 386 g/mol. The van der Waals surface area contributed by atoms with Crippen LogP contribution in [0.15, 0.2) is 55.9 Å². The van der Waals surface area contributed by atoms with Crippen molar-refractivity contribution in [2.75, 3.05) is 5.73 Å². The van der Waals surface area contributed by atoms with Crippen LogP contribution in [0.2, 0.25) is 0 Å². The predicted molar refractivity (Wildman–Crippen MR) is 85.0 cm³/mol. The molecule has 3 aromatic rings. The monoisotopic (exact) mass is 393 g/mol. The van der Waals surface area contributed by atoms with Gasteiger partial charge in [0.1, 0.15) is 0 Å². The molecule has 0 saturated carbocycles. The summed E-state index contributed by atoms with van der Waals surface area (Å²) in [6.07, 6.45) is 0. The van der Waals surface area contributed by atoms with Crippen LogP contribution in [0.1, 0.15) is 0 Å². The van der Waals surface area contributed by atoms with Crippen molar-refractivity contribution in [3.63, 3.8) is 0 Å². The van der Waals surface area contributed by atoms with E-state index in [1.165, 1.54) is 0 Å². The van der Waals surface area contributed by atoms with E-state index >= 15 is 0 Å². The molecule has 6 heteroatoms. The lowest BCUT2D eigenvalue weighted by Gasteiger charge is -1.99. The quantitative estimate of drug-likeness (QED) is 0.649. The van der Waals surface area contributed by atoms with Gasteiger partial charge < -0.3 is 10.3 Å². The highest BCUT2D eigenvalue weighted by Crippen LogP contribution is 2.31. The van der Waals surface area contributed by atoms with Crippen LogP contribution in [0.4, 0.5) is 5.69 Å². The molecular formula is C14H9Br2N3O. The first-order chi connectivity index (χ1) is 9.63. The molecule has 1 heterocycles. The highest BCUT2D eigenvalue weighted by atomic mass is 79.9. The smallest absolute Gasteiger partial charge is 0.259 e. The Morgan fingerprint density at radius 2 is 1.75 bits per heavy atom. The molecule has 0 amide bonds. The summed E-state index contributed by atoms with van der Waals surface area (Å²) in [5.74, 6) is 0.997. The molecule has 20 heavy (non-hydrogen) atoms. The average molecular weight is 395 g/mol. The van der Waals surface area contributed by atoms with Crippen LogP contribution < -0.4 is 5.73 Å². The fraction of sp³-hybridized carbons (Fsp3) is 0. The number of hydrogen-bond donors (Lipinski definition) is 1. The Kier molecular flexibility index (Phi) is 3.58. The third-order valence-electron chi connectivity index (χ3n) is 2.75.